The van der Waals surface area contributed by atoms with E-state index < -0.39 is 12.0 Å². The van der Waals surface area contributed by atoms with E-state index >= 15 is 0 Å². The summed E-state index contributed by atoms with van der Waals surface area (Å²) >= 11 is 2.66. The van der Waals surface area contributed by atoms with Crippen molar-refractivity contribution in [2.45, 2.75) is 30.6 Å². The van der Waals surface area contributed by atoms with Gasteiger partial charge < -0.3 is 15.4 Å². The lowest BCUT2D eigenvalue weighted by molar-refractivity contribution is -0.146. The summed E-state index contributed by atoms with van der Waals surface area (Å²) in [5.74, 6) is -0.445. The number of ether oxygens (including phenoxy) is 1. The molecule has 1 aromatic rings. The molecular formula is C12H20N4O3S2. The molecule has 7 nitrogen and oxygen atoms in total. The average Bonchev–Trinajstić information content (AvgIpc) is 2.97. The second kappa shape index (κ2) is 8.83. The fraction of sp³-hybridized carbons (Fsp3) is 0.667. The molecule has 0 fully saturated rings. The zero-order valence-electron chi connectivity index (χ0n) is 12.5. The first-order valence-electron chi connectivity index (χ1n) is 6.53. The SMILES string of the molecule is CCC(C)C(NC(=O)CSc1nnc(NC)s1)C(=O)OC. The molecule has 118 valence electrons. The number of esters is 1. The van der Waals surface area contributed by atoms with E-state index in [0.29, 0.717) is 9.47 Å². The molecule has 0 saturated heterocycles. The van der Waals surface area contributed by atoms with E-state index in [1.165, 1.54) is 30.2 Å². The summed E-state index contributed by atoms with van der Waals surface area (Å²) in [6, 6.07) is -0.615. The standard InChI is InChI=1S/C12H20N4O3S2/c1-5-7(2)9(10(18)19-4)14-8(17)6-20-12-16-15-11(13-3)21-12/h7,9H,5-6H2,1-4H3,(H,13,15)(H,14,17). The first-order valence-corrected chi connectivity index (χ1v) is 8.33. The molecule has 1 heterocycles. The van der Waals surface area contributed by atoms with Crippen LogP contribution in [0.15, 0.2) is 4.34 Å². The lowest BCUT2D eigenvalue weighted by Gasteiger charge is -2.21. The Morgan fingerprint density at radius 3 is 2.67 bits per heavy atom. The van der Waals surface area contributed by atoms with E-state index in [-0.39, 0.29) is 17.6 Å². The zero-order chi connectivity index (χ0) is 15.8. The Kier molecular flexibility index (Phi) is 7.44. The van der Waals surface area contributed by atoms with Crippen molar-refractivity contribution >= 4 is 40.1 Å². The molecule has 9 heteroatoms. The smallest absolute Gasteiger partial charge is 0.328 e. The van der Waals surface area contributed by atoms with Gasteiger partial charge in [0.2, 0.25) is 11.0 Å². The van der Waals surface area contributed by atoms with Crippen molar-refractivity contribution in [3.05, 3.63) is 0 Å². The summed E-state index contributed by atoms with van der Waals surface area (Å²) in [5.41, 5.74) is 0. The quantitative estimate of drug-likeness (QED) is 0.548. The number of amides is 1. The van der Waals surface area contributed by atoms with Crippen LogP contribution in [-0.4, -0.2) is 48.0 Å². The van der Waals surface area contributed by atoms with Crippen molar-refractivity contribution in [1.29, 1.82) is 0 Å². The lowest BCUT2D eigenvalue weighted by Crippen LogP contribution is -2.46. The van der Waals surface area contributed by atoms with Crippen LogP contribution in [0.5, 0.6) is 0 Å². The molecule has 0 saturated carbocycles. The molecule has 2 atom stereocenters. The predicted molar refractivity (Wildman–Crippen MR) is 83.6 cm³/mol. The third-order valence-corrected chi connectivity index (χ3v) is 5.01. The molecule has 0 bridgehead atoms. The Morgan fingerprint density at radius 1 is 1.43 bits per heavy atom. The van der Waals surface area contributed by atoms with Gasteiger partial charge in [-0.15, -0.1) is 10.2 Å². The molecule has 0 spiro atoms. The molecule has 2 unspecified atom stereocenters. The number of aromatic nitrogens is 2. The van der Waals surface area contributed by atoms with E-state index in [0.717, 1.165) is 6.42 Å². The van der Waals surface area contributed by atoms with Crippen LogP contribution in [-0.2, 0) is 14.3 Å². The number of carbonyl (C=O) groups is 2. The van der Waals surface area contributed by atoms with Crippen molar-refractivity contribution in [2.24, 2.45) is 5.92 Å². The van der Waals surface area contributed by atoms with Gasteiger partial charge in [-0.3, -0.25) is 4.79 Å². The molecule has 21 heavy (non-hydrogen) atoms. The Morgan fingerprint density at radius 2 is 2.14 bits per heavy atom. The molecular weight excluding hydrogens is 312 g/mol. The van der Waals surface area contributed by atoms with Crippen molar-refractivity contribution in [3.63, 3.8) is 0 Å². The van der Waals surface area contributed by atoms with Crippen LogP contribution < -0.4 is 10.6 Å². The number of anilines is 1. The van der Waals surface area contributed by atoms with E-state index in [9.17, 15) is 9.59 Å². The van der Waals surface area contributed by atoms with Gasteiger partial charge in [-0.2, -0.15) is 0 Å². The molecule has 2 N–H and O–H groups in total. The molecule has 0 radical (unpaired) electrons. The summed E-state index contributed by atoms with van der Waals surface area (Å²) in [6.45, 7) is 3.86. The first-order chi connectivity index (χ1) is 10.0. The normalized spacial score (nSPS) is 13.3. The monoisotopic (exact) mass is 332 g/mol. The zero-order valence-corrected chi connectivity index (χ0v) is 14.1. The fourth-order valence-electron chi connectivity index (χ4n) is 1.51. The van der Waals surface area contributed by atoms with Gasteiger partial charge in [0.05, 0.1) is 12.9 Å². The summed E-state index contributed by atoms with van der Waals surface area (Å²) in [6.07, 6.45) is 0.773. The summed E-state index contributed by atoms with van der Waals surface area (Å²) in [5, 5.41) is 14.1. The van der Waals surface area contributed by atoms with Gasteiger partial charge in [-0.05, 0) is 5.92 Å². The number of nitrogens with zero attached hydrogens (tertiary/aromatic N) is 2. The van der Waals surface area contributed by atoms with Crippen LogP contribution in [0.2, 0.25) is 0 Å². The summed E-state index contributed by atoms with van der Waals surface area (Å²) < 4.78 is 5.43. The van der Waals surface area contributed by atoms with E-state index in [1.807, 2.05) is 13.8 Å². The van der Waals surface area contributed by atoms with E-state index in [1.54, 1.807) is 7.05 Å². The number of nitrogens with one attached hydrogen (secondary N) is 2. The minimum absolute atomic E-state index is 0.0174. The molecule has 1 rings (SSSR count). The molecule has 0 aromatic carbocycles. The van der Waals surface area contributed by atoms with Gasteiger partial charge in [-0.1, -0.05) is 43.4 Å². The number of thioether (sulfide) groups is 1. The highest BCUT2D eigenvalue weighted by Crippen LogP contribution is 2.24. The topological polar surface area (TPSA) is 93.2 Å². The molecule has 1 amide bonds. The van der Waals surface area contributed by atoms with Crippen LogP contribution in [0.3, 0.4) is 0 Å². The number of methoxy groups -OCH3 is 1. The summed E-state index contributed by atoms with van der Waals surface area (Å²) in [4.78, 5) is 23.6. The van der Waals surface area contributed by atoms with Crippen molar-refractivity contribution in [3.8, 4) is 0 Å². The molecule has 0 aliphatic carbocycles. The Bertz CT molecular complexity index is 481. The van der Waals surface area contributed by atoms with Gasteiger partial charge in [0.1, 0.15) is 6.04 Å². The predicted octanol–water partition coefficient (Wildman–Crippen LogP) is 1.38. The molecule has 1 aromatic heterocycles. The highest BCUT2D eigenvalue weighted by Gasteiger charge is 2.26. The van der Waals surface area contributed by atoms with Crippen LogP contribution in [0.25, 0.3) is 0 Å². The van der Waals surface area contributed by atoms with Crippen LogP contribution in [0, 0.1) is 5.92 Å². The minimum Gasteiger partial charge on any atom is -0.467 e. The van der Waals surface area contributed by atoms with Crippen LogP contribution in [0.4, 0.5) is 5.13 Å². The van der Waals surface area contributed by atoms with Gasteiger partial charge in [0.15, 0.2) is 4.34 Å². The van der Waals surface area contributed by atoms with Gasteiger partial charge in [0, 0.05) is 7.05 Å². The maximum Gasteiger partial charge on any atom is 0.328 e. The highest BCUT2D eigenvalue weighted by atomic mass is 32.2. The summed E-state index contributed by atoms with van der Waals surface area (Å²) in [7, 11) is 3.08. The molecule has 0 aliphatic heterocycles. The number of rotatable bonds is 8. The maximum atomic E-state index is 11.9. The lowest BCUT2D eigenvalue weighted by atomic mass is 9.99. The Hall–Kier alpha value is -1.35. The highest BCUT2D eigenvalue weighted by molar-refractivity contribution is 8.01. The largest absolute Gasteiger partial charge is 0.467 e. The fourth-order valence-corrected chi connectivity index (χ4v) is 3.02. The minimum atomic E-state index is -0.615. The average molecular weight is 332 g/mol. The second-order valence-corrected chi connectivity index (χ2v) is 6.57. The van der Waals surface area contributed by atoms with Crippen LogP contribution in [0.1, 0.15) is 20.3 Å². The van der Waals surface area contributed by atoms with Crippen molar-refractivity contribution in [2.75, 3.05) is 25.2 Å². The molecule has 0 aliphatic rings. The maximum absolute atomic E-state index is 11.9. The second-order valence-electron chi connectivity index (χ2n) is 4.37. The van der Waals surface area contributed by atoms with E-state index in [2.05, 4.69) is 20.8 Å². The number of hydrogen-bond donors (Lipinski definition) is 2. The Labute approximate surface area is 132 Å². The van der Waals surface area contributed by atoms with E-state index in [4.69, 9.17) is 4.74 Å². The Balaban J connectivity index is 2.51. The third-order valence-electron chi connectivity index (χ3n) is 2.93. The van der Waals surface area contributed by atoms with Crippen molar-refractivity contribution in [1.82, 2.24) is 15.5 Å². The van der Waals surface area contributed by atoms with Gasteiger partial charge in [0.25, 0.3) is 0 Å². The van der Waals surface area contributed by atoms with Crippen molar-refractivity contribution < 1.29 is 14.3 Å². The number of hydrogen-bond acceptors (Lipinski definition) is 8. The number of carbonyl (C=O) groups excluding carboxylic acids is 2. The van der Waals surface area contributed by atoms with Gasteiger partial charge >= 0.3 is 5.97 Å². The van der Waals surface area contributed by atoms with Crippen LogP contribution >= 0.6 is 23.1 Å². The first kappa shape index (κ1) is 17.7. The van der Waals surface area contributed by atoms with Gasteiger partial charge in [-0.25, -0.2) is 4.79 Å². The third kappa shape index (κ3) is 5.50.